The second kappa shape index (κ2) is 6.02. The normalized spacial score (nSPS) is 12.8. The molecule has 1 rings (SSSR count). The maximum absolute atomic E-state index is 12.4. The van der Waals surface area contributed by atoms with E-state index in [0.717, 1.165) is 12.1 Å². The van der Waals surface area contributed by atoms with Gasteiger partial charge < -0.3 is 4.74 Å². The Morgan fingerprint density at radius 1 is 1.14 bits per heavy atom. The number of hydrogen-bond acceptors (Lipinski definition) is 4. The third-order valence-electron chi connectivity index (χ3n) is 2.08. The third kappa shape index (κ3) is 4.79. The number of benzene rings is 1. The minimum Gasteiger partial charge on any atom is -0.484 e. The van der Waals surface area contributed by atoms with E-state index in [1.54, 1.807) is 0 Å². The summed E-state index contributed by atoms with van der Waals surface area (Å²) in [5.74, 6) is -2.15. The Balaban J connectivity index is 2.70. The van der Waals surface area contributed by atoms with Crippen LogP contribution in [0.2, 0.25) is 0 Å². The molecule has 0 heterocycles. The molecule has 12 heteroatoms. The van der Waals surface area contributed by atoms with Crippen LogP contribution in [0.4, 0.5) is 26.3 Å². The van der Waals surface area contributed by atoms with Crippen molar-refractivity contribution in [2.24, 2.45) is 0 Å². The maximum atomic E-state index is 12.4. The molecule has 0 spiro atoms. The Morgan fingerprint density at radius 3 is 2.23 bits per heavy atom. The molecule has 0 aliphatic rings. The monoisotopic (exact) mass is 351 g/mol. The van der Waals surface area contributed by atoms with E-state index < -0.39 is 45.5 Å². The molecule has 1 aromatic carbocycles. The van der Waals surface area contributed by atoms with Crippen molar-refractivity contribution >= 4 is 15.9 Å². The summed E-state index contributed by atoms with van der Waals surface area (Å²) in [5.41, 5.74) is -6.80. The molecule has 5 nitrogen and oxygen atoms in total. The molecule has 1 N–H and O–H groups in total. The number of hydrogen-bond donors (Lipinski definition) is 1. The molecule has 1 aromatic rings. The van der Waals surface area contributed by atoms with Crippen molar-refractivity contribution in [1.29, 1.82) is 0 Å². The van der Waals surface area contributed by atoms with Crippen LogP contribution in [0, 0.1) is 0 Å². The van der Waals surface area contributed by atoms with Gasteiger partial charge in [-0.05, 0) is 18.2 Å². The van der Waals surface area contributed by atoms with Crippen LogP contribution in [0.1, 0.15) is 5.56 Å². The highest BCUT2D eigenvalue weighted by atomic mass is 32.2. The average Bonchev–Trinajstić information content (AvgIpc) is 2.34. The number of sulfonamides is 1. The standard InChI is InChI=1S/C10H7F6NO4S/c11-9(12,13)6-2-1-3-7(4-6)21-5-8(18)17-22(19,20)10(14,15)16/h1-4H,5H2,(H,17,18). The van der Waals surface area contributed by atoms with Gasteiger partial charge in [-0.25, -0.2) is 4.72 Å². The summed E-state index contributed by atoms with van der Waals surface area (Å²) >= 11 is 0. The van der Waals surface area contributed by atoms with Crippen LogP contribution >= 0.6 is 0 Å². The number of alkyl halides is 6. The maximum Gasteiger partial charge on any atom is 0.516 e. The molecule has 22 heavy (non-hydrogen) atoms. The predicted molar refractivity (Wildman–Crippen MR) is 60.1 cm³/mol. The highest BCUT2D eigenvalue weighted by Crippen LogP contribution is 2.31. The highest BCUT2D eigenvalue weighted by molar-refractivity contribution is 7.90. The number of amides is 1. The van der Waals surface area contributed by atoms with E-state index in [1.807, 2.05) is 0 Å². The van der Waals surface area contributed by atoms with Crippen LogP contribution in [-0.2, 0) is 21.0 Å². The van der Waals surface area contributed by atoms with E-state index in [4.69, 9.17) is 0 Å². The first-order chi connectivity index (χ1) is 9.83. The summed E-state index contributed by atoms with van der Waals surface area (Å²) in [6, 6.07) is 3.18. The number of halogens is 6. The van der Waals surface area contributed by atoms with Gasteiger partial charge in [0.2, 0.25) is 0 Å². The van der Waals surface area contributed by atoms with Gasteiger partial charge in [0.15, 0.2) is 6.61 Å². The van der Waals surface area contributed by atoms with Gasteiger partial charge in [-0.15, -0.1) is 0 Å². The molecule has 0 aromatic heterocycles. The lowest BCUT2D eigenvalue weighted by molar-refractivity contribution is -0.137. The van der Waals surface area contributed by atoms with Crippen molar-refractivity contribution in [3.63, 3.8) is 0 Å². The molecule has 0 atom stereocenters. The zero-order valence-corrected chi connectivity index (χ0v) is 11.1. The number of carbonyl (C=O) groups excluding carboxylic acids is 1. The molecule has 0 bridgehead atoms. The Kier molecular flexibility index (Phi) is 4.95. The van der Waals surface area contributed by atoms with Crippen LogP contribution < -0.4 is 9.46 Å². The lowest BCUT2D eigenvalue weighted by Gasteiger charge is -2.11. The van der Waals surface area contributed by atoms with Gasteiger partial charge in [0.25, 0.3) is 5.91 Å². The molecule has 0 saturated carbocycles. The molecule has 0 aliphatic carbocycles. The summed E-state index contributed by atoms with van der Waals surface area (Å²) in [7, 11) is -5.89. The molecule has 0 aliphatic heterocycles. The molecule has 124 valence electrons. The van der Waals surface area contributed by atoms with Gasteiger partial charge in [0, 0.05) is 0 Å². The van der Waals surface area contributed by atoms with E-state index in [2.05, 4.69) is 4.74 Å². The number of carbonyl (C=O) groups is 1. The zero-order valence-electron chi connectivity index (χ0n) is 10.3. The van der Waals surface area contributed by atoms with Crippen LogP contribution in [0.3, 0.4) is 0 Å². The predicted octanol–water partition coefficient (Wildman–Crippen LogP) is 2.05. The zero-order chi connectivity index (χ0) is 17.2. The SMILES string of the molecule is O=C(COc1cccc(C(F)(F)F)c1)NS(=O)(=O)C(F)(F)F. The smallest absolute Gasteiger partial charge is 0.484 e. The van der Waals surface area contributed by atoms with Crippen molar-refractivity contribution in [2.45, 2.75) is 11.7 Å². The molecule has 0 unspecified atom stereocenters. The minimum absolute atomic E-state index is 0.464. The summed E-state index contributed by atoms with van der Waals surface area (Å²) in [6.07, 6.45) is -4.68. The third-order valence-corrected chi connectivity index (χ3v) is 3.19. The van der Waals surface area contributed by atoms with Crippen molar-refractivity contribution in [3.8, 4) is 5.75 Å². The topological polar surface area (TPSA) is 72.5 Å². The highest BCUT2D eigenvalue weighted by Gasteiger charge is 2.47. The van der Waals surface area contributed by atoms with Crippen molar-refractivity contribution in [2.75, 3.05) is 6.61 Å². The van der Waals surface area contributed by atoms with Gasteiger partial charge in [-0.1, -0.05) is 6.07 Å². The Bertz CT molecular complexity index is 652. The first-order valence-electron chi connectivity index (χ1n) is 5.25. The molecular weight excluding hydrogens is 344 g/mol. The number of ether oxygens (including phenoxy) is 1. The van der Waals surface area contributed by atoms with Crippen LogP contribution in [0.5, 0.6) is 5.75 Å². The molecule has 0 fully saturated rings. The lowest BCUT2D eigenvalue weighted by Crippen LogP contribution is -2.42. The Labute approximate surface area is 119 Å². The lowest BCUT2D eigenvalue weighted by atomic mass is 10.2. The second-order valence-electron chi connectivity index (χ2n) is 3.79. The second-order valence-corrected chi connectivity index (χ2v) is 5.46. The first-order valence-corrected chi connectivity index (χ1v) is 6.73. The van der Waals surface area contributed by atoms with E-state index in [9.17, 15) is 39.6 Å². The number of rotatable bonds is 4. The van der Waals surface area contributed by atoms with Gasteiger partial charge in [-0.3, -0.25) is 4.79 Å². The summed E-state index contributed by atoms with van der Waals surface area (Å²) in [6.45, 7) is -1.21. The quantitative estimate of drug-likeness (QED) is 0.843. The van der Waals surface area contributed by atoms with E-state index >= 15 is 0 Å². The number of nitrogens with one attached hydrogen (secondary N) is 1. The molecular formula is C10H7F6NO4S. The van der Waals surface area contributed by atoms with Crippen LogP contribution in [0.15, 0.2) is 24.3 Å². The largest absolute Gasteiger partial charge is 0.516 e. The average molecular weight is 351 g/mol. The Morgan fingerprint density at radius 2 is 1.73 bits per heavy atom. The first kappa shape index (κ1) is 18.1. The van der Waals surface area contributed by atoms with Gasteiger partial charge in [0.1, 0.15) is 5.75 Å². The van der Waals surface area contributed by atoms with Gasteiger partial charge in [0.05, 0.1) is 5.56 Å². The van der Waals surface area contributed by atoms with Crippen molar-refractivity contribution < 1.29 is 44.3 Å². The van der Waals surface area contributed by atoms with Crippen molar-refractivity contribution in [1.82, 2.24) is 4.72 Å². The summed E-state index contributed by atoms with van der Waals surface area (Å²) in [5, 5.41) is 0. The van der Waals surface area contributed by atoms with E-state index in [-0.39, 0.29) is 0 Å². The van der Waals surface area contributed by atoms with Crippen LogP contribution in [0.25, 0.3) is 0 Å². The summed E-state index contributed by atoms with van der Waals surface area (Å²) < 4.78 is 99.4. The Hall–Kier alpha value is -1.98. The van der Waals surface area contributed by atoms with Crippen molar-refractivity contribution in [3.05, 3.63) is 29.8 Å². The molecule has 0 radical (unpaired) electrons. The fourth-order valence-corrected chi connectivity index (χ4v) is 1.62. The van der Waals surface area contributed by atoms with E-state index in [0.29, 0.717) is 16.9 Å². The minimum atomic E-state index is -5.89. The van der Waals surface area contributed by atoms with Gasteiger partial charge in [-0.2, -0.15) is 34.8 Å². The van der Waals surface area contributed by atoms with Gasteiger partial charge >= 0.3 is 21.7 Å². The fraction of sp³-hybridized carbons (Fsp3) is 0.300. The fourth-order valence-electron chi connectivity index (χ4n) is 1.15. The van der Waals surface area contributed by atoms with Crippen LogP contribution in [-0.4, -0.2) is 26.4 Å². The molecule has 0 saturated heterocycles. The van der Waals surface area contributed by atoms with E-state index in [1.165, 1.54) is 0 Å². The summed E-state index contributed by atoms with van der Waals surface area (Å²) in [4.78, 5) is 11.0. The molecule has 1 amide bonds.